The lowest BCUT2D eigenvalue weighted by Gasteiger charge is -2.12. The first-order valence-electron chi connectivity index (χ1n) is 8.06. The van der Waals surface area contributed by atoms with Crippen LogP contribution in [0.15, 0.2) is 48.5 Å². The van der Waals surface area contributed by atoms with Crippen molar-refractivity contribution in [2.24, 2.45) is 0 Å². The van der Waals surface area contributed by atoms with E-state index in [0.29, 0.717) is 13.2 Å². The SMILES string of the molecule is CCCc1ccccc1COCc1ccccc1CCC. The van der Waals surface area contributed by atoms with E-state index in [2.05, 4.69) is 62.4 Å². The molecule has 21 heavy (non-hydrogen) atoms. The summed E-state index contributed by atoms with van der Waals surface area (Å²) in [5.74, 6) is 0. The van der Waals surface area contributed by atoms with Crippen molar-refractivity contribution in [2.45, 2.75) is 52.7 Å². The first-order valence-corrected chi connectivity index (χ1v) is 8.06. The smallest absolute Gasteiger partial charge is 0.0724 e. The van der Waals surface area contributed by atoms with Gasteiger partial charge in [-0.2, -0.15) is 0 Å². The maximum atomic E-state index is 5.98. The van der Waals surface area contributed by atoms with Gasteiger partial charge in [-0.3, -0.25) is 0 Å². The molecule has 2 aromatic rings. The van der Waals surface area contributed by atoms with Gasteiger partial charge in [0.1, 0.15) is 0 Å². The molecule has 0 aliphatic carbocycles. The molecule has 0 spiro atoms. The first kappa shape index (κ1) is 15.8. The van der Waals surface area contributed by atoms with Crippen molar-refractivity contribution >= 4 is 0 Å². The Balaban J connectivity index is 1.95. The van der Waals surface area contributed by atoms with Gasteiger partial charge in [0.25, 0.3) is 0 Å². The zero-order valence-corrected chi connectivity index (χ0v) is 13.3. The summed E-state index contributed by atoms with van der Waals surface area (Å²) in [6.07, 6.45) is 4.62. The molecule has 1 nitrogen and oxygen atoms in total. The molecular weight excluding hydrogens is 256 g/mol. The fourth-order valence-corrected chi connectivity index (χ4v) is 2.69. The minimum absolute atomic E-state index is 0.705. The Kier molecular flexibility index (Phi) is 6.49. The van der Waals surface area contributed by atoms with Crippen LogP contribution in [0.4, 0.5) is 0 Å². The second-order valence-corrected chi connectivity index (χ2v) is 5.53. The number of hydrogen-bond donors (Lipinski definition) is 0. The fourth-order valence-electron chi connectivity index (χ4n) is 2.69. The van der Waals surface area contributed by atoms with Gasteiger partial charge in [0.2, 0.25) is 0 Å². The Morgan fingerprint density at radius 2 is 1.00 bits per heavy atom. The Bertz CT molecular complexity index is 496. The number of aryl methyl sites for hydroxylation is 2. The number of benzene rings is 2. The van der Waals surface area contributed by atoms with E-state index >= 15 is 0 Å². The predicted octanol–water partition coefficient (Wildman–Crippen LogP) is 5.31. The summed E-state index contributed by atoms with van der Waals surface area (Å²) in [6, 6.07) is 17.2. The monoisotopic (exact) mass is 282 g/mol. The zero-order chi connectivity index (χ0) is 14.9. The minimum Gasteiger partial charge on any atom is -0.372 e. The summed E-state index contributed by atoms with van der Waals surface area (Å²) in [7, 11) is 0. The predicted molar refractivity (Wildman–Crippen MR) is 89.4 cm³/mol. The highest BCUT2D eigenvalue weighted by Gasteiger charge is 2.04. The van der Waals surface area contributed by atoms with Crippen LogP contribution >= 0.6 is 0 Å². The normalized spacial score (nSPS) is 10.8. The molecule has 0 bridgehead atoms. The highest BCUT2D eigenvalue weighted by molar-refractivity contribution is 5.28. The van der Waals surface area contributed by atoms with Gasteiger partial charge in [-0.05, 0) is 35.1 Å². The van der Waals surface area contributed by atoms with Crippen LogP contribution in [0.1, 0.15) is 48.9 Å². The van der Waals surface area contributed by atoms with E-state index in [9.17, 15) is 0 Å². The van der Waals surface area contributed by atoms with Crippen LogP contribution in [0.3, 0.4) is 0 Å². The van der Waals surface area contributed by atoms with Crippen molar-refractivity contribution in [3.05, 3.63) is 70.8 Å². The van der Waals surface area contributed by atoms with Gasteiger partial charge in [-0.15, -0.1) is 0 Å². The lowest BCUT2D eigenvalue weighted by molar-refractivity contribution is 0.106. The summed E-state index contributed by atoms with van der Waals surface area (Å²) in [4.78, 5) is 0. The summed E-state index contributed by atoms with van der Waals surface area (Å²) in [5, 5.41) is 0. The molecule has 0 amide bonds. The highest BCUT2D eigenvalue weighted by Crippen LogP contribution is 2.16. The van der Waals surface area contributed by atoms with Crippen molar-refractivity contribution in [2.75, 3.05) is 0 Å². The third-order valence-electron chi connectivity index (χ3n) is 3.79. The topological polar surface area (TPSA) is 9.23 Å². The molecule has 0 fully saturated rings. The minimum atomic E-state index is 0.705. The quantitative estimate of drug-likeness (QED) is 0.637. The number of ether oxygens (including phenoxy) is 1. The lowest BCUT2D eigenvalue weighted by atomic mass is 10.0. The van der Waals surface area contributed by atoms with Gasteiger partial charge in [-0.1, -0.05) is 75.2 Å². The van der Waals surface area contributed by atoms with Crippen LogP contribution in [0.25, 0.3) is 0 Å². The number of rotatable bonds is 8. The summed E-state index contributed by atoms with van der Waals surface area (Å²) in [6.45, 7) is 5.85. The Labute approximate surface area is 129 Å². The molecule has 0 aliphatic heterocycles. The van der Waals surface area contributed by atoms with Crippen molar-refractivity contribution in [1.29, 1.82) is 0 Å². The zero-order valence-electron chi connectivity index (χ0n) is 13.3. The Morgan fingerprint density at radius 1 is 0.619 bits per heavy atom. The molecule has 0 radical (unpaired) electrons. The standard InChI is InChI=1S/C20H26O/c1-3-9-17-11-5-7-13-19(17)15-21-16-20-14-8-6-12-18(20)10-4-2/h5-8,11-14H,3-4,9-10,15-16H2,1-2H3. The molecule has 2 rings (SSSR count). The van der Waals surface area contributed by atoms with Gasteiger partial charge >= 0.3 is 0 Å². The lowest BCUT2D eigenvalue weighted by Crippen LogP contribution is -2.01. The average molecular weight is 282 g/mol. The van der Waals surface area contributed by atoms with Crippen LogP contribution in [0.2, 0.25) is 0 Å². The van der Waals surface area contributed by atoms with Crippen molar-refractivity contribution in [3.8, 4) is 0 Å². The Hall–Kier alpha value is -1.60. The van der Waals surface area contributed by atoms with Crippen LogP contribution < -0.4 is 0 Å². The third-order valence-corrected chi connectivity index (χ3v) is 3.79. The van der Waals surface area contributed by atoms with E-state index < -0.39 is 0 Å². The Morgan fingerprint density at radius 3 is 1.38 bits per heavy atom. The molecule has 0 atom stereocenters. The van der Waals surface area contributed by atoms with E-state index in [0.717, 1.165) is 12.8 Å². The first-order chi connectivity index (χ1) is 10.3. The largest absolute Gasteiger partial charge is 0.372 e. The van der Waals surface area contributed by atoms with Crippen LogP contribution in [-0.4, -0.2) is 0 Å². The van der Waals surface area contributed by atoms with Crippen LogP contribution in [0.5, 0.6) is 0 Å². The second kappa shape index (κ2) is 8.63. The molecule has 0 heterocycles. The maximum absolute atomic E-state index is 5.98. The van der Waals surface area contributed by atoms with E-state index in [1.807, 2.05) is 0 Å². The van der Waals surface area contributed by atoms with Gasteiger partial charge in [0.15, 0.2) is 0 Å². The van der Waals surface area contributed by atoms with Crippen LogP contribution in [-0.2, 0) is 30.8 Å². The molecule has 1 heteroatoms. The van der Waals surface area contributed by atoms with E-state index in [-0.39, 0.29) is 0 Å². The fraction of sp³-hybridized carbons (Fsp3) is 0.400. The van der Waals surface area contributed by atoms with Gasteiger partial charge < -0.3 is 4.74 Å². The second-order valence-electron chi connectivity index (χ2n) is 5.53. The van der Waals surface area contributed by atoms with E-state index in [1.54, 1.807) is 0 Å². The van der Waals surface area contributed by atoms with Gasteiger partial charge in [0.05, 0.1) is 13.2 Å². The molecule has 0 N–H and O–H groups in total. The highest BCUT2D eigenvalue weighted by atomic mass is 16.5. The molecule has 0 saturated heterocycles. The molecule has 112 valence electrons. The molecule has 2 aromatic carbocycles. The van der Waals surface area contributed by atoms with E-state index in [4.69, 9.17) is 4.74 Å². The van der Waals surface area contributed by atoms with Gasteiger partial charge in [-0.25, -0.2) is 0 Å². The van der Waals surface area contributed by atoms with Gasteiger partial charge in [0, 0.05) is 0 Å². The average Bonchev–Trinajstić information content (AvgIpc) is 2.51. The van der Waals surface area contributed by atoms with Crippen molar-refractivity contribution < 1.29 is 4.74 Å². The molecular formula is C20H26O. The maximum Gasteiger partial charge on any atom is 0.0724 e. The molecule has 0 aliphatic rings. The van der Waals surface area contributed by atoms with Crippen molar-refractivity contribution in [1.82, 2.24) is 0 Å². The molecule has 0 saturated carbocycles. The molecule has 0 aromatic heterocycles. The summed E-state index contributed by atoms with van der Waals surface area (Å²) < 4.78 is 5.98. The third kappa shape index (κ3) is 4.71. The summed E-state index contributed by atoms with van der Waals surface area (Å²) >= 11 is 0. The van der Waals surface area contributed by atoms with Crippen LogP contribution in [0, 0.1) is 0 Å². The van der Waals surface area contributed by atoms with Crippen molar-refractivity contribution in [3.63, 3.8) is 0 Å². The molecule has 0 unspecified atom stereocenters. The number of hydrogen-bond acceptors (Lipinski definition) is 1. The van der Waals surface area contributed by atoms with E-state index in [1.165, 1.54) is 35.1 Å². The summed E-state index contributed by atoms with van der Waals surface area (Å²) in [5.41, 5.74) is 5.49.